The predicted molar refractivity (Wildman–Crippen MR) is 60.4 cm³/mol. The summed E-state index contributed by atoms with van der Waals surface area (Å²) in [5.41, 5.74) is 2.58. The lowest BCUT2D eigenvalue weighted by Crippen LogP contribution is -2.29. The molecular weight excluding hydrogens is 190 g/mol. The first-order valence-corrected chi connectivity index (χ1v) is 5.17. The van der Waals surface area contributed by atoms with Gasteiger partial charge in [0.05, 0.1) is 13.7 Å². The van der Waals surface area contributed by atoms with Gasteiger partial charge in [-0.2, -0.15) is 0 Å². The van der Waals surface area contributed by atoms with E-state index in [2.05, 4.69) is 48.3 Å². The average Bonchev–Trinajstić information content (AvgIpc) is 2.23. The molecule has 1 unspecified atom stereocenters. The van der Waals surface area contributed by atoms with E-state index in [1.807, 2.05) is 0 Å². The Balaban J connectivity index is 2.30. The Morgan fingerprint density at radius 1 is 1.40 bits per heavy atom. The maximum atomic E-state index is 4.84. The monoisotopic (exact) mass is 209 g/mol. The lowest BCUT2D eigenvalue weighted by atomic mass is 10.1. The molecule has 0 saturated carbocycles. The fourth-order valence-corrected chi connectivity index (χ4v) is 1.34. The molecule has 0 radical (unpaired) electrons. The highest BCUT2D eigenvalue weighted by molar-refractivity contribution is 5.21. The van der Waals surface area contributed by atoms with Crippen LogP contribution >= 0.6 is 0 Å². The van der Waals surface area contributed by atoms with Crippen LogP contribution in [-0.2, 0) is 16.3 Å². The average molecular weight is 209 g/mol. The Hall–Kier alpha value is -0.900. The minimum atomic E-state index is 0.283. The number of nitrogens with one attached hydrogen (secondary N) is 1. The van der Waals surface area contributed by atoms with Crippen molar-refractivity contribution >= 4 is 0 Å². The standard InChI is InChI=1S/C12H19NO2/c1-10-5-4-6-12(7-10)8-13-11(2)9-15-14-3/h4-7,11,13H,8-9H2,1-3H3. The smallest absolute Gasteiger partial charge is 0.0972 e. The lowest BCUT2D eigenvalue weighted by molar-refractivity contribution is -0.275. The highest BCUT2D eigenvalue weighted by atomic mass is 17.2. The summed E-state index contributed by atoms with van der Waals surface area (Å²) < 4.78 is 0. The zero-order valence-electron chi connectivity index (χ0n) is 9.62. The molecule has 1 aromatic rings. The summed E-state index contributed by atoms with van der Waals surface area (Å²) >= 11 is 0. The molecule has 1 aromatic carbocycles. The summed E-state index contributed by atoms with van der Waals surface area (Å²) in [4.78, 5) is 9.39. The van der Waals surface area contributed by atoms with Gasteiger partial charge >= 0.3 is 0 Å². The van der Waals surface area contributed by atoms with E-state index in [9.17, 15) is 0 Å². The molecule has 1 N–H and O–H groups in total. The predicted octanol–water partition coefficient (Wildman–Crippen LogP) is 2.05. The lowest BCUT2D eigenvalue weighted by Gasteiger charge is -2.12. The second-order valence-corrected chi connectivity index (χ2v) is 3.72. The van der Waals surface area contributed by atoms with E-state index in [0.29, 0.717) is 6.61 Å². The van der Waals surface area contributed by atoms with Crippen molar-refractivity contribution in [3.8, 4) is 0 Å². The van der Waals surface area contributed by atoms with Gasteiger partial charge in [0.1, 0.15) is 0 Å². The SMILES string of the molecule is COOCC(C)NCc1cccc(C)c1. The van der Waals surface area contributed by atoms with Crippen LogP contribution in [0.2, 0.25) is 0 Å². The molecule has 0 aromatic heterocycles. The van der Waals surface area contributed by atoms with Crippen molar-refractivity contribution in [3.63, 3.8) is 0 Å². The third-order valence-corrected chi connectivity index (χ3v) is 2.17. The molecule has 0 amide bonds. The Kier molecular flexibility index (Phi) is 5.32. The zero-order chi connectivity index (χ0) is 11.1. The molecule has 1 atom stereocenters. The van der Waals surface area contributed by atoms with Gasteiger partial charge in [-0.15, -0.1) is 0 Å². The van der Waals surface area contributed by atoms with Crippen LogP contribution in [0.5, 0.6) is 0 Å². The zero-order valence-corrected chi connectivity index (χ0v) is 9.62. The summed E-state index contributed by atoms with van der Waals surface area (Å²) in [5, 5.41) is 3.36. The van der Waals surface area contributed by atoms with Gasteiger partial charge in [-0.3, -0.25) is 0 Å². The number of hydrogen-bond donors (Lipinski definition) is 1. The minimum absolute atomic E-state index is 0.283. The van der Waals surface area contributed by atoms with E-state index in [0.717, 1.165) is 6.54 Å². The van der Waals surface area contributed by atoms with Crippen LogP contribution in [0, 0.1) is 6.92 Å². The van der Waals surface area contributed by atoms with Gasteiger partial charge in [-0.05, 0) is 19.4 Å². The van der Waals surface area contributed by atoms with Crippen LogP contribution in [0.3, 0.4) is 0 Å². The first-order valence-electron chi connectivity index (χ1n) is 5.17. The molecule has 0 spiro atoms. The number of hydrogen-bond acceptors (Lipinski definition) is 3. The third-order valence-electron chi connectivity index (χ3n) is 2.17. The van der Waals surface area contributed by atoms with Crippen LogP contribution in [0.4, 0.5) is 0 Å². The quantitative estimate of drug-likeness (QED) is 0.574. The molecular formula is C12H19NO2. The van der Waals surface area contributed by atoms with Gasteiger partial charge in [0.15, 0.2) is 0 Å². The summed E-state index contributed by atoms with van der Waals surface area (Å²) in [6, 6.07) is 8.75. The normalized spacial score (nSPS) is 12.7. The summed E-state index contributed by atoms with van der Waals surface area (Å²) in [7, 11) is 1.52. The Morgan fingerprint density at radius 3 is 2.87 bits per heavy atom. The van der Waals surface area contributed by atoms with E-state index >= 15 is 0 Å². The highest BCUT2D eigenvalue weighted by Crippen LogP contribution is 2.03. The van der Waals surface area contributed by atoms with E-state index in [-0.39, 0.29) is 6.04 Å². The Bertz CT molecular complexity index is 289. The van der Waals surface area contributed by atoms with Gasteiger partial charge in [-0.1, -0.05) is 29.8 Å². The maximum absolute atomic E-state index is 4.84. The molecule has 0 saturated heterocycles. The summed E-state index contributed by atoms with van der Waals surface area (Å²) in [5.74, 6) is 0. The molecule has 84 valence electrons. The van der Waals surface area contributed by atoms with Crippen molar-refractivity contribution in [2.45, 2.75) is 26.4 Å². The third kappa shape index (κ3) is 4.93. The molecule has 0 aliphatic carbocycles. The maximum Gasteiger partial charge on any atom is 0.0972 e. The van der Waals surface area contributed by atoms with Gasteiger partial charge in [-0.25, -0.2) is 9.78 Å². The van der Waals surface area contributed by atoms with Crippen LogP contribution in [0.25, 0.3) is 0 Å². The van der Waals surface area contributed by atoms with Crippen LogP contribution < -0.4 is 5.32 Å². The van der Waals surface area contributed by atoms with E-state index < -0.39 is 0 Å². The topological polar surface area (TPSA) is 30.5 Å². The molecule has 0 fully saturated rings. The molecule has 0 heterocycles. The molecule has 0 bridgehead atoms. The van der Waals surface area contributed by atoms with Gasteiger partial charge in [0.25, 0.3) is 0 Å². The molecule has 3 nitrogen and oxygen atoms in total. The summed E-state index contributed by atoms with van der Waals surface area (Å²) in [6.07, 6.45) is 0. The van der Waals surface area contributed by atoms with Gasteiger partial charge < -0.3 is 5.32 Å². The van der Waals surface area contributed by atoms with E-state index in [1.54, 1.807) is 0 Å². The summed E-state index contributed by atoms with van der Waals surface area (Å²) in [6.45, 7) is 5.58. The molecule has 3 heteroatoms. The second kappa shape index (κ2) is 6.56. The fourth-order valence-electron chi connectivity index (χ4n) is 1.34. The fraction of sp³-hybridized carbons (Fsp3) is 0.500. The van der Waals surface area contributed by atoms with Crippen molar-refractivity contribution in [1.29, 1.82) is 0 Å². The molecule has 1 rings (SSSR count). The number of aryl methyl sites for hydroxylation is 1. The van der Waals surface area contributed by atoms with Crippen molar-refractivity contribution < 1.29 is 9.78 Å². The molecule has 0 aliphatic heterocycles. The first-order chi connectivity index (χ1) is 7.22. The molecule has 15 heavy (non-hydrogen) atoms. The van der Waals surface area contributed by atoms with Crippen LogP contribution in [-0.4, -0.2) is 19.8 Å². The van der Waals surface area contributed by atoms with Gasteiger partial charge in [0.2, 0.25) is 0 Å². The van der Waals surface area contributed by atoms with Crippen molar-refractivity contribution in [3.05, 3.63) is 35.4 Å². The minimum Gasteiger partial charge on any atom is -0.308 e. The molecule has 0 aliphatic rings. The highest BCUT2D eigenvalue weighted by Gasteiger charge is 2.01. The Labute approximate surface area is 91.3 Å². The van der Waals surface area contributed by atoms with Crippen molar-refractivity contribution in [2.24, 2.45) is 0 Å². The van der Waals surface area contributed by atoms with Crippen LogP contribution in [0.1, 0.15) is 18.1 Å². The number of benzene rings is 1. The van der Waals surface area contributed by atoms with E-state index in [4.69, 9.17) is 4.89 Å². The second-order valence-electron chi connectivity index (χ2n) is 3.72. The van der Waals surface area contributed by atoms with Gasteiger partial charge in [0, 0.05) is 12.6 Å². The van der Waals surface area contributed by atoms with Crippen molar-refractivity contribution in [2.75, 3.05) is 13.7 Å². The van der Waals surface area contributed by atoms with Crippen molar-refractivity contribution in [1.82, 2.24) is 5.32 Å². The number of rotatable bonds is 6. The Morgan fingerprint density at radius 2 is 2.20 bits per heavy atom. The van der Waals surface area contributed by atoms with E-state index in [1.165, 1.54) is 18.2 Å². The van der Waals surface area contributed by atoms with Crippen LogP contribution in [0.15, 0.2) is 24.3 Å². The largest absolute Gasteiger partial charge is 0.308 e. The first kappa shape index (κ1) is 12.2.